The Bertz CT molecular complexity index is 578. The zero-order valence-electron chi connectivity index (χ0n) is 9.32. The van der Waals surface area contributed by atoms with Gasteiger partial charge in [-0.1, -0.05) is 11.6 Å². The van der Waals surface area contributed by atoms with E-state index in [0.717, 1.165) is 0 Å². The highest BCUT2D eigenvalue weighted by molar-refractivity contribution is 6.33. The second-order valence-corrected chi connectivity index (χ2v) is 4.02. The molecule has 0 aliphatic carbocycles. The van der Waals surface area contributed by atoms with Crippen molar-refractivity contribution in [1.82, 2.24) is 15.0 Å². The number of nitrogens with two attached hydrogens (primary N) is 1. The summed E-state index contributed by atoms with van der Waals surface area (Å²) in [6.45, 7) is 0. The van der Waals surface area contributed by atoms with Crippen LogP contribution in [-0.4, -0.2) is 22.1 Å². The lowest BCUT2D eigenvalue weighted by Crippen LogP contribution is -2.02. The molecule has 0 unspecified atom stereocenters. The van der Waals surface area contributed by atoms with Gasteiger partial charge < -0.3 is 15.8 Å². The Morgan fingerprint density at radius 3 is 2.72 bits per heavy atom. The molecule has 2 aromatic rings. The third kappa shape index (κ3) is 2.91. The van der Waals surface area contributed by atoms with Gasteiger partial charge in [-0.15, -0.1) is 0 Å². The Balaban J connectivity index is 2.33. The Hall–Kier alpha value is -1.79. The molecule has 8 heteroatoms. The van der Waals surface area contributed by atoms with Crippen LogP contribution in [0.15, 0.2) is 18.2 Å². The van der Waals surface area contributed by atoms with E-state index in [4.69, 9.17) is 33.7 Å². The molecular formula is C10H9Cl2N5O. The topological polar surface area (TPSA) is 86.0 Å². The molecule has 0 saturated carbocycles. The molecule has 0 spiro atoms. The van der Waals surface area contributed by atoms with Crippen LogP contribution in [0.1, 0.15) is 0 Å². The fourth-order valence-corrected chi connectivity index (χ4v) is 1.56. The molecule has 0 saturated heterocycles. The van der Waals surface area contributed by atoms with Gasteiger partial charge in [-0.2, -0.15) is 15.0 Å². The smallest absolute Gasteiger partial charge is 0.322 e. The lowest BCUT2D eigenvalue weighted by molar-refractivity contribution is 0.379. The predicted molar refractivity (Wildman–Crippen MR) is 70.5 cm³/mol. The van der Waals surface area contributed by atoms with Crippen molar-refractivity contribution in [3.8, 4) is 6.01 Å². The summed E-state index contributed by atoms with van der Waals surface area (Å²) in [7, 11) is 1.43. The number of nitrogens with one attached hydrogen (secondary N) is 1. The third-order valence-electron chi connectivity index (χ3n) is 2.01. The van der Waals surface area contributed by atoms with Gasteiger partial charge in [0.25, 0.3) is 0 Å². The fraction of sp³-hybridized carbons (Fsp3) is 0.100. The van der Waals surface area contributed by atoms with Crippen LogP contribution in [-0.2, 0) is 0 Å². The van der Waals surface area contributed by atoms with Gasteiger partial charge in [0.05, 0.1) is 17.8 Å². The molecule has 1 aromatic heterocycles. The molecule has 0 radical (unpaired) electrons. The minimum atomic E-state index is 0.0179. The van der Waals surface area contributed by atoms with Crippen molar-refractivity contribution in [3.63, 3.8) is 0 Å². The average molecular weight is 286 g/mol. The molecule has 0 amide bonds. The number of hydrogen-bond donors (Lipinski definition) is 2. The monoisotopic (exact) mass is 285 g/mol. The first-order valence-corrected chi connectivity index (χ1v) is 5.61. The normalized spacial score (nSPS) is 10.2. The largest absolute Gasteiger partial charge is 0.467 e. The van der Waals surface area contributed by atoms with Crippen molar-refractivity contribution < 1.29 is 4.74 Å². The zero-order valence-corrected chi connectivity index (χ0v) is 10.8. The van der Waals surface area contributed by atoms with E-state index in [1.807, 2.05) is 0 Å². The number of halogens is 2. The summed E-state index contributed by atoms with van der Waals surface area (Å²) in [4.78, 5) is 11.6. The van der Waals surface area contributed by atoms with E-state index in [-0.39, 0.29) is 17.2 Å². The molecule has 6 nitrogen and oxygen atoms in total. The Kier molecular flexibility index (Phi) is 3.69. The highest BCUT2D eigenvalue weighted by Crippen LogP contribution is 2.26. The van der Waals surface area contributed by atoms with E-state index in [9.17, 15) is 0 Å². The highest BCUT2D eigenvalue weighted by Gasteiger charge is 2.07. The van der Waals surface area contributed by atoms with Crippen LogP contribution in [0.2, 0.25) is 10.3 Å². The SMILES string of the molecule is COc1nc(Cl)nc(Nc2cc(N)ccc2Cl)n1. The van der Waals surface area contributed by atoms with Crippen LogP contribution in [0.5, 0.6) is 6.01 Å². The molecule has 1 aromatic carbocycles. The first-order valence-electron chi connectivity index (χ1n) is 4.86. The maximum atomic E-state index is 6.01. The number of aromatic nitrogens is 3. The lowest BCUT2D eigenvalue weighted by Gasteiger charge is -2.08. The molecule has 94 valence electrons. The van der Waals surface area contributed by atoms with Gasteiger partial charge in [-0.3, -0.25) is 0 Å². The van der Waals surface area contributed by atoms with Crippen LogP contribution in [0.25, 0.3) is 0 Å². The van der Waals surface area contributed by atoms with E-state index in [1.54, 1.807) is 18.2 Å². The standard InChI is InChI=1S/C10H9Cl2N5O/c1-18-10-16-8(12)15-9(17-10)14-7-4-5(13)2-3-6(7)11/h2-4H,13H2,1H3,(H,14,15,16,17). The van der Waals surface area contributed by atoms with E-state index >= 15 is 0 Å². The van der Waals surface area contributed by atoms with Gasteiger partial charge in [-0.25, -0.2) is 0 Å². The number of benzene rings is 1. The Morgan fingerprint density at radius 1 is 1.22 bits per heavy atom. The number of nitrogen functional groups attached to an aromatic ring is 1. The van der Waals surface area contributed by atoms with E-state index in [2.05, 4.69) is 20.3 Å². The average Bonchev–Trinajstić information content (AvgIpc) is 2.33. The Labute approximate surface area is 113 Å². The number of anilines is 3. The van der Waals surface area contributed by atoms with E-state index in [1.165, 1.54) is 7.11 Å². The van der Waals surface area contributed by atoms with Crippen molar-refractivity contribution in [2.24, 2.45) is 0 Å². The van der Waals surface area contributed by atoms with Crippen LogP contribution in [0.4, 0.5) is 17.3 Å². The molecule has 0 aliphatic rings. The van der Waals surface area contributed by atoms with Crippen LogP contribution < -0.4 is 15.8 Å². The number of methoxy groups -OCH3 is 1. The minimum Gasteiger partial charge on any atom is -0.467 e. The summed E-state index contributed by atoms with van der Waals surface area (Å²) in [6.07, 6.45) is 0. The van der Waals surface area contributed by atoms with Gasteiger partial charge >= 0.3 is 6.01 Å². The summed E-state index contributed by atoms with van der Waals surface area (Å²) in [5.74, 6) is 0.222. The molecule has 0 aliphatic heterocycles. The van der Waals surface area contributed by atoms with Crippen molar-refractivity contribution in [3.05, 3.63) is 28.5 Å². The summed E-state index contributed by atoms with van der Waals surface area (Å²) in [6, 6.07) is 5.12. The van der Waals surface area contributed by atoms with Crippen molar-refractivity contribution in [1.29, 1.82) is 0 Å². The van der Waals surface area contributed by atoms with Crippen LogP contribution >= 0.6 is 23.2 Å². The van der Waals surface area contributed by atoms with Gasteiger partial charge in [-0.05, 0) is 29.8 Å². The van der Waals surface area contributed by atoms with Crippen LogP contribution in [0, 0.1) is 0 Å². The fourth-order valence-electron chi connectivity index (χ4n) is 1.24. The van der Waals surface area contributed by atoms with Gasteiger partial charge in [0.15, 0.2) is 0 Å². The van der Waals surface area contributed by atoms with Crippen molar-refractivity contribution >= 4 is 40.5 Å². The second kappa shape index (κ2) is 5.24. The molecule has 1 heterocycles. The first-order chi connectivity index (χ1) is 8.58. The zero-order chi connectivity index (χ0) is 13.1. The molecule has 18 heavy (non-hydrogen) atoms. The molecule has 3 N–H and O–H groups in total. The number of rotatable bonds is 3. The molecule has 0 atom stereocenters. The summed E-state index contributed by atoms with van der Waals surface area (Å²) in [5, 5.41) is 3.39. The molecule has 0 bridgehead atoms. The van der Waals surface area contributed by atoms with E-state index in [0.29, 0.717) is 16.4 Å². The quantitative estimate of drug-likeness (QED) is 0.843. The second-order valence-electron chi connectivity index (χ2n) is 3.28. The third-order valence-corrected chi connectivity index (χ3v) is 2.51. The summed E-state index contributed by atoms with van der Waals surface area (Å²) in [5.41, 5.74) is 6.80. The highest BCUT2D eigenvalue weighted by atomic mass is 35.5. The summed E-state index contributed by atoms with van der Waals surface area (Å²) < 4.78 is 4.88. The molecular weight excluding hydrogens is 277 g/mol. The molecule has 2 rings (SSSR count). The maximum Gasteiger partial charge on any atom is 0.322 e. The Morgan fingerprint density at radius 2 is 2.00 bits per heavy atom. The number of hydrogen-bond acceptors (Lipinski definition) is 6. The number of nitrogens with zero attached hydrogens (tertiary/aromatic N) is 3. The van der Waals surface area contributed by atoms with Crippen LogP contribution in [0.3, 0.4) is 0 Å². The van der Waals surface area contributed by atoms with E-state index < -0.39 is 0 Å². The lowest BCUT2D eigenvalue weighted by atomic mass is 10.3. The summed E-state index contributed by atoms with van der Waals surface area (Å²) >= 11 is 11.7. The van der Waals surface area contributed by atoms with Crippen molar-refractivity contribution in [2.75, 3.05) is 18.2 Å². The van der Waals surface area contributed by atoms with Gasteiger partial charge in [0.1, 0.15) is 0 Å². The van der Waals surface area contributed by atoms with Gasteiger partial charge in [0, 0.05) is 5.69 Å². The predicted octanol–water partition coefficient (Wildman–Crippen LogP) is 2.51. The van der Waals surface area contributed by atoms with Crippen molar-refractivity contribution in [2.45, 2.75) is 0 Å². The molecule has 0 fully saturated rings. The maximum absolute atomic E-state index is 6.01. The number of ether oxygens (including phenoxy) is 1. The minimum absolute atomic E-state index is 0.0179. The first kappa shape index (κ1) is 12.7. The van der Waals surface area contributed by atoms with Gasteiger partial charge in [0.2, 0.25) is 11.2 Å².